The molecule has 0 atom stereocenters. The van der Waals surface area contributed by atoms with E-state index in [1.54, 1.807) is 0 Å². The second kappa shape index (κ2) is 8.76. The number of hydrogen-bond donors (Lipinski definition) is 0. The summed E-state index contributed by atoms with van der Waals surface area (Å²) in [5.41, 5.74) is -0.362. The Morgan fingerprint density at radius 1 is 0.897 bits per heavy atom. The SMILES string of the molecule is O=C(Oc1ccc(F)c(F)c1)c1c(F)cc(-c2ncc(CCCF)cn2)cc1F. The summed E-state index contributed by atoms with van der Waals surface area (Å²) in [4.78, 5) is 20.0. The molecule has 1 heterocycles. The van der Waals surface area contributed by atoms with Gasteiger partial charge in [0, 0.05) is 24.0 Å². The molecule has 0 radical (unpaired) electrons. The molecule has 3 rings (SSSR count). The van der Waals surface area contributed by atoms with Gasteiger partial charge in [0.2, 0.25) is 0 Å². The van der Waals surface area contributed by atoms with Crippen molar-refractivity contribution in [2.75, 3.05) is 6.67 Å². The summed E-state index contributed by atoms with van der Waals surface area (Å²) < 4.78 is 71.7. The van der Waals surface area contributed by atoms with Gasteiger partial charge < -0.3 is 4.74 Å². The Balaban J connectivity index is 1.83. The van der Waals surface area contributed by atoms with Crippen LogP contribution in [-0.4, -0.2) is 22.6 Å². The van der Waals surface area contributed by atoms with E-state index in [1.165, 1.54) is 12.4 Å². The van der Waals surface area contributed by atoms with E-state index in [-0.39, 0.29) is 11.4 Å². The lowest BCUT2D eigenvalue weighted by Gasteiger charge is -2.09. The Hall–Kier alpha value is -3.36. The van der Waals surface area contributed by atoms with Crippen molar-refractivity contribution in [3.8, 4) is 17.1 Å². The summed E-state index contributed by atoms with van der Waals surface area (Å²) in [6, 6.07) is 3.93. The lowest BCUT2D eigenvalue weighted by molar-refractivity contribution is 0.0724. The standard InChI is InChI=1S/C20H13F5N2O2/c21-5-1-2-11-9-26-19(27-10-11)12-6-16(24)18(17(25)7-12)20(28)29-13-3-4-14(22)15(23)8-13/h3-4,6-10H,1-2,5H2. The fourth-order valence-corrected chi connectivity index (χ4v) is 2.50. The summed E-state index contributed by atoms with van der Waals surface area (Å²) in [7, 11) is 0. The van der Waals surface area contributed by atoms with Crippen molar-refractivity contribution in [2.24, 2.45) is 0 Å². The molecule has 0 amide bonds. The molecule has 0 bridgehead atoms. The fraction of sp³-hybridized carbons (Fsp3) is 0.150. The van der Waals surface area contributed by atoms with E-state index >= 15 is 0 Å². The van der Waals surface area contributed by atoms with E-state index in [0.717, 1.165) is 18.2 Å². The number of ether oxygens (including phenoxy) is 1. The molecular weight excluding hydrogens is 395 g/mol. The molecule has 2 aromatic carbocycles. The van der Waals surface area contributed by atoms with Gasteiger partial charge in [-0.25, -0.2) is 32.3 Å². The number of alkyl halides is 1. The number of nitrogens with zero attached hydrogens (tertiary/aromatic N) is 2. The average Bonchev–Trinajstić information content (AvgIpc) is 2.69. The van der Waals surface area contributed by atoms with Gasteiger partial charge in [-0.3, -0.25) is 4.39 Å². The lowest BCUT2D eigenvalue weighted by Crippen LogP contribution is -2.14. The van der Waals surface area contributed by atoms with Gasteiger partial charge in [-0.1, -0.05) is 0 Å². The number of carbonyl (C=O) groups is 1. The molecule has 0 N–H and O–H groups in total. The maximum absolute atomic E-state index is 14.4. The third kappa shape index (κ3) is 4.74. The molecule has 150 valence electrons. The highest BCUT2D eigenvalue weighted by Crippen LogP contribution is 2.24. The number of esters is 1. The van der Waals surface area contributed by atoms with E-state index in [0.29, 0.717) is 30.5 Å². The maximum atomic E-state index is 14.4. The molecule has 0 saturated heterocycles. The lowest BCUT2D eigenvalue weighted by atomic mass is 10.1. The summed E-state index contributed by atoms with van der Waals surface area (Å²) >= 11 is 0. The van der Waals surface area contributed by atoms with Crippen LogP contribution in [0.1, 0.15) is 22.3 Å². The van der Waals surface area contributed by atoms with Crippen molar-refractivity contribution in [3.63, 3.8) is 0 Å². The van der Waals surface area contributed by atoms with Gasteiger partial charge in [0.05, 0.1) is 6.67 Å². The van der Waals surface area contributed by atoms with Gasteiger partial charge in [-0.2, -0.15) is 0 Å². The number of aromatic nitrogens is 2. The third-order valence-electron chi connectivity index (χ3n) is 3.91. The van der Waals surface area contributed by atoms with Crippen molar-refractivity contribution in [1.29, 1.82) is 0 Å². The topological polar surface area (TPSA) is 52.1 Å². The van der Waals surface area contributed by atoms with Crippen molar-refractivity contribution in [1.82, 2.24) is 9.97 Å². The molecular formula is C20H13F5N2O2. The first-order chi connectivity index (χ1) is 13.9. The Kier molecular flexibility index (Phi) is 6.16. The molecule has 0 aliphatic rings. The smallest absolute Gasteiger partial charge is 0.349 e. The summed E-state index contributed by atoms with van der Waals surface area (Å²) in [5.74, 6) is -6.74. The van der Waals surface area contributed by atoms with E-state index in [4.69, 9.17) is 4.74 Å². The van der Waals surface area contributed by atoms with E-state index in [1.807, 2.05) is 0 Å². The summed E-state index contributed by atoms with van der Waals surface area (Å²) in [6.45, 7) is -0.486. The molecule has 0 spiro atoms. The zero-order chi connectivity index (χ0) is 21.0. The van der Waals surface area contributed by atoms with Crippen molar-refractivity contribution < 1.29 is 31.5 Å². The van der Waals surface area contributed by atoms with Gasteiger partial charge >= 0.3 is 5.97 Å². The molecule has 0 fully saturated rings. The first-order valence-corrected chi connectivity index (χ1v) is 8.42. The Morgan fingerprint density at radius 2 is 1.55 bits per heavy atom. The first kappa shape index (κ1) is 20.4. The number of aryl methyl sites for hydroxylation is 1. The predicted molar refractivity (Wildman–Crippen MR) is 93.0 cm³/mol. The Bertz CT molecular complexity index is 1020. The number of benzene rings is 2. The first-order valence-electron chi connectivity index (χ1n) is 8.42. The molecule has 1 aromatic heterocycles. The van der Waals surface area contributed by atoms with Gasteiger partial charge in [-0.05, 0) is 42.7 Å². The fourth-order valence-electron chi connectivity index (χ4n) is 2.50. The number of rotatable bonds is 6. The average molecular weight is 408 g/mol. The molecule has 4 nitrogen and oxygen atoms in total. The summed E-state index contributed by atoms with van der Waals surface area (Å²) in [5, 5.41) is 0. The van der Waals surface area contributed by atoms with Crippen LogP contribution < -0.4 is 4.74 Å². The largest absolute Gasteiger partial charge is 0.423 e. The Labute approximate surface area is 162 Å². The van der Waals surface area contributed by atoms with Crippen LogP contribution in [0.2, 0.25) is 0 Å². The monoisotopic (exact) mass is 408 g/mol. The van der Waals surface area contributed by atoms with Crippen LogP contribution in [-0.2, 0) is 6.42 Å². The minimum absolute atomic E-state index is 0.00678. The van der Waals surface area contributed by atoms with Crippen LogP contribution in [0.4, 0.5) is 22.0 Å². The highest BCUT2D eigenvalue weighted by atomic mass is 19.2. The molecule has 0 saturated carbocycles. The van der Waals surface area contributed by atoms with Gasteiger partial charge in [0.15, 0.2) is 17.5 Å². The van der Waals surface area contributed by atoms with Crippen LogP contribution in [0.15, 0.2) is 42.7 Å². The van der Waals surface area contributed by atoms with Crippen LogP contribution in [0.5, 0.6) is 5.75 Å². The van der Waals surface area contributed by atoms with Crippen LogP contribution >= 0.6 is 0 Å². The van der Waals surface area contributed by atoms with Crippen molar-refractivity contribution in [3.05, 3.63) is 77.1 Å². The second-order valence-electron chi connectivity index (χ2n) is 5.99. The van der Waals surface area contributed by atoms with Crippen molar-refractivity contribution >= 4 is 5.97 Å². The minimum atomic E-state index is -1.42. The summed E-state index contributed by atoms with van der Waals surface area (Å²) in [6.07, 6.45) is 3.56. The van der Waals surface area contributed by atoms with Crippen molar-refractivity contribution in [2.45, 2.75) is 12.8 Å². The van der Waals surface area contributed by atoms with Crippen LogP contribution in [0.3, 0.4) is 0 Å². The minimum Gasteiger partial charge on any atom is -0.423 e. The highest BCUT2D eigenvalue weighted by molar-refractivity contribution is 5.92. The molecule has 29 heavy (non-hydrogen) atoms. The van der Waals surface area contributed by atoms with Gasteiger partial charge in [0.25, 0.3) is 0 Å². The third-order valence-corrected chi connectivity index (χ3v) is 3.91. The Morgan fingerprint density at radius 3 is 2.14 bits per heavy atom. The zero-order valence-corrected chi connectivity index (χ0v) is 14.8. The van der Waals surface area contributed by atoms with Crippen LogP contribution in [0.25, 0.3) is 11.4 Å². The van der Waals surface area contributed by atoms with Gasteiger partial charge in [0.1, 0.15) is 22.9 Å². The number of hydrogen-bond acceptors (Lipinski definition) is 4. The number of carbonyl (C=O) groups excluding carboxylic acids is 1. The molecule has 0 aliphatic carbocycles. The van der Waals surface area contributed by atoms with E-state index < -0.39 is 47.2 Å². The molecule has 0 unspecified atom stereocenters. The quantitative estimate of drug-likeness (QED) is 0.333. The van der Waals surface area contributed by atoms with E-state index in [2.05, 4.69) is 9.97 Å². The zero-order valence-electron chi connectivity index (χ0n) is 14.8. The van der Waals surface area contributed by atoms with E-state index in [9.17, 15) is 26.7 Å². The molecule has 0 aliphatic heterocycles. The maximum Gasteiger partial charge on any atom is 0.349 e. The second-order valence-corrected chi connectivity index (χ2v) is 5.99. The predicted octanol–water partition coefficient (Wildman–Crippen LogP) is 4.82. The highest BCUT2D eigenvalue weighted by Gasteiger charge is 2.22. The molecule has 3 aromatic rings. The van der Waals surface area contributed by atoms with Crippen LogP contribution in [0, 0.1) is 23.3 Å². The molecule has 9 heteroatoms. The van der Waals surface area contributed by atoms with Gasteiger partial charge in [-0.15, -0.1) is 0 Å². The normalized spacial score (nSPS) is 10.8. The number of halogens is 5.